The van der Waals surface area contributed by atoms with E-state index in [1.54, 1.807) is 0 Å². The summed E-state index contributed by atoms with van der Waals surface area (Å²) in [5, 5.41) is 9.66. The molecule has 1 heterocycles. The second-order valence-electron chi connectivity index (χ2n) is 7.66. The molecule has 1 amide bonds. The van der Waals surface area contributed by atoms with E-state index in [4.69, 9.17) is 0 Å². The zero-order valence-corrected chi connectivity index (χ0v) is 14.2. The maximum Gasteiger partial charge on any atom is 0.234 e. The van der Waals surface area contributed by atoms with Gasteiger partial charge in [0.25, 0.3) is 0 Å². The van der Waals surface area contributed by atoms with E-state index in [0.29, 0.717) is 25.1 Å². The van der Waals surface area contributed by atoms with Gasteiger partial charge in [-0.05, 0) is 31.7 Å². The number of aliphatic hydroxyl groups is 1. The van der Waals surface area contributed by atoms with Crippen molar-refractivity contribution in [1.82, 2.24) is 4.90 Å². The highest BCUT2D eigenvalue weighted by atomic mass is 16.2. The van der Waals surface area contributed by atoms with Gasteiger partial charge in [-0.25, -0.2) is 0 Å². The van der Waals surface area contributed by atoms with Gasteiger partial charge >= 0.3 is 0 Å². The number of piperidine rings is 1. The van der Waals surface area contributed by atoms with Gasteiger partial charge in [0.2, 0.25) is 5.91 Å². The lowest BCUT2D eigenvalue weighted by Crippen LogP contribution is -2.61. The molecule has 1 unspecified atom stereocenters. The Morgan fingerprint density at radius 1 is 1.25 bits per heavy atom. The Hall–Kier alpha value is -2.10. The lowest BCUT2D eigenvalue weighted by atomic mass is 9.54. The van der Waals surface area contributed by atoms with Crippen molar-refractivity contribution in [3.63, 3.8) is 0 Å². The summed E-state index contributed by atoms with van der Waals surface area (Å²) in [7, 11) is 0. The van der Waals surface area contributed by atoms with Crippen molar-refractivity contribution in [1.29, 1.82) is 0 Å². The first-order valence-corrected chi connectivity index (χ1v) is 8.70. The van der Waals surface area contributed by atoms with Gasteiger partial charge in [-0.2, -0.15) is 0 Å². The lowest BCUT2D eigenvalue weighted by Gasteiger charge is -2.52. The monoisotopic (exact) mass is 325 g/mol. The number of nitrogens with zero attached hydrogens (tertiary/aromatic N) is 1. The van der Waals surface area contributed by atoms with Gasteiger partial charge in [-0.1, -0.05) is 37.3 Å². The van der Waals surface area contributed by atoms with Gasteiger partial charge in [0.15, 0.2) is 5.78 Å². The summed E-state index contributed by atoms with van der Waals surface area (Å²) in [5.74, 6) is 0.132. The Balaban J connectivity index is 1.98. The summed E-state index contributed by atoms with van der Waals surface area (Å²) in [6.07, 6.45) is 2.81. The Bertz CT molecular complexity index is 755. The minimum Gasteiger partial charge on any atom is -0.515 e. The topological polar surface area (TPSA) is 57.6 Å². The molecule has 1 aromatic rings. The molecule has 4 nitrogen and oxygen atoms in total. The second-order valence-corrected chi connectivity index (χ2v) is 7.66. The molecule has 2 aliphatic carbocycles. The van der Waals surface area contributed by atoms with Crippen LogP contribution in [0.15, 0.2) is 42.2 Å². The third-order valence-corrected chi connectivity index (χ3v) is 6.92. The number of ketones is 1. The number of allylic oxidation sites excluding steroid dienone is 1. The van der Waals surface area contributed by atoms with Crippen molar-refractivity contribution in [2.45, 2.75) is 38.5 Å². The van der Waals surface area contributed by atoms with Gasteiger partial charge < -0.3 is 10.0 Å². The summed E-state index contributed by atoms with van der Waals surface area (Å²) >= 11 is 0. The maximum absolute atomic E-state index is 13.6. The van der Waals surface area contributed by atoms with Crippen molar-refractivity contribution in [3.8, 4) is 0 Å². The first-order valence-electron chi connectivity index (χ1n) is 8.70. The molecular weight excluding hydrogens is 302 g/mol. The average molecular weight is 325 g/mol. The predicted molar refractivity (Wildman–Crippen MR) is 90.5 cm³/mol. The minimum atomic E-state index is -0.736. The van der Waals surface area contributed by atoms with E-state index in [-0.39, 0.29) is 17.1 Å². The van der Waals surface area contributed by atoms with Crippen LogP contribution in [0.1, 0.15) is 38.7 Å². The summed E-state index contributed by atoms with van der Waals surface area (Å²) in [6, 6.07) is 9.86. The number of hydrogen-bond acceptors (Lipinski definition) is 3. The molecule has 1 saturated heterocycles. The molecule has 0 radical (unpaired) electrons. The number of amides is 1. The molecule has 24 heavy (non-hydrogen) atoms. The van der Waals surface area contributed by atoms with Crippen molar-refractivity contribution < 1.29 is 14.7 Å². The van der Waals surface area contributed by atoms with Gasteiger partial charge in [0.05, 0.1) is 11.7 Å². The molecule has 4 heteroatoms. The molecule has 4 rings (SSSR count). The lowest BCUT2D eigenvalue weighted by molar-refractivity contribution is -0.149. The SMILES string of the molecule is CCN1CC[C@]23C[C@@]2(C)C(=O)/C(=C\O)CC3(c2ccccc2)C1=O. The molecule has 2 saturated carbocycles. The smallest absolute Gasteiger partial charge is 0.234 e. The summed E-state index contributed by atoms with van der Waals surface area (Å²) < 4.78 is 0. The van der Waals surface area contributed by atoms with Crippen molar-refractivity contribution in [3.05, 3.63) is 47.7 Å². The number of rotatable bonds is 2. The third-order valence-electron chi connectivity index (χ3n) is 6.92. The fourth-order valence-electron chi connectivity index (χ4n) is 5.55. The van der Waals surface area contributed by atoms with E-state index in [1.165, 1.54) is 0 Å². The third kappa shape index (κ3) is 1.50. The highest BCUT2D eigenvalue weighted by Crippen LogP contribution is 2.79. The highest BCUT2D eigenvalue weighted by Gasteiger charge is 2.82. The first kappa shape index (κ1) is 15.4. The Labute approximate surface area is 142 Å². The van der Waals surface area contributed by atoms with E-state index in [9.17, 15) is 14.7 Å². The van der Waals surface area contributed by atoms with Crippen LogP contribution in [0.2, 0.25) is 0 Å². The number of hydrogen-bond donors (Lipinski definition) is 1. The molecule has 3 atom stereocenters. The fourth-order valence-corrected chi connectivity index (χ4v) is 5.55. The predicted octanol–water partition coefficient (Wildman–Crippen LogP) is 2.99. The molecule has 1 aliphatic heterocycles. The molecule has 0 bridgehead atoms. The first-order chi connectivity index (χ1) is 11.5. The van der Waals surface area contributed by atoms with Crippen LogP contribution in [0.4, 0.5) is 0 Å². The van der Waals surface area contributed by atoms with Gasteiger partial charge in [-0.15, -0.1) is 0 Å². The van der Waals surface area contributed by atoms with Gasteiger partial charge in [-0.3, -0.25) is 9.59 Å². The zero-order chi connectivity index (χ0) is 17.2. The van der Waals surface area contributed by atoms with Crippen LogP contribution in [0, 0.1) is 10.8 Å². The molecule has 1 N–H and O–H groups in total. The highest BCUT2D eigenvalue weighted by molar-refractivity contribution is 6.08. The zero-order valence-electron chi connectivity index (χ0n) is 14.2. The minimum absolute atomic E-state index is 0.0225. The number of likely N-dealkylation sites (tertiary alicyclic amines) is 1. The van der Waals surface area contributed by atoms with Crippen molar-refractivity contribution >= 4 is 11.7 Å². The van der Waals surface area contributed by atoms with Gasteiger partial charge in [0.1, 0.15) is 0 Å². The van der Waals surface area contributed by atoms with E-state index >= 15 is 0 Å². The number of aliphatic hydroxyl groups excluding tert-OH is 1. The van der Waals surface area contributed by atoms with Gasteiger partial charge in [0, 0.05) is 29.5 Å². The summed E-state index contributed by atoms with van der Waals surface area (Å²) in [6.45, 7) is 5.36. The maximum atomic E-state index is 13.6. The number of carbonyl (C=O) groups excluding carboxylic acids is 2. The van der Waals surface area contributed by atoms with E-state index in [0.717, 1.165) is 24.7 Å². The van der Waals surface area contributed by atoms with E-state index in [2.05, 4.69) is 0 Å². The quantitative estimate of drug-likeness (QED) is 0.672. The molecule has 1 spiro atoms. The van der Waals surface area contributed by atoms with Crippen LogP contribution >= 0.6 is 0 Å². The van der Waals surface area contributed by atoms with Crippen LogP contribution in [0.25, 0.3) is 0 Å². The number of Topliss-reactive ketones (excluding diaryl/α,β-unsaturated/α-hetero) is 1. The van der Waals surface area contributed by atoms with Crippen LogP contribution < -0.4 is 0 Å². The number of likely N-dealkylation sites (N-methyl/N-ethyl adjacent to an activating group) is 1. The average Bonchev–Trinajstić information content (AvgIpc) is 3.24. The number of benzene rings is 1. The van der Waals surface area contributed by atoms with E-state index < -0.39 is 10.8 Å². The van der Waals surface area contributed by atoms with Crippen molar-refractivity contribution in [2.24, 2.45) is 10.8 Å². The van der Waals surface area contributed by atoms with Crippen LogP contribution in [-0.2, 0) is 15.0 Å². The number of carbonyl (C=O) groups is 2. The van der Waals surface area contributed by atoms with Crippen molar-refractivity contribution in [2.75, 3.05) is 13.1 Å². The molecule has 126 valence electrons. The Morgan fingerprint density at radius 2 is 1.96 bits per heavy atom. The van der Waals surface area contributed by atoms with Crippen LogP contribution in [0.3, 0.4) is 0 Å². The van der Waals surface area contributed by atoms with E-state index in [1.807, 2.05) is 49.1 Å². The molecule has 1 aromatic carbocycles. The Kier molecular flexibility index (Phi) is 3.03. The molecular formula is C20H23NO3. The summed E-state index contributed by atoms with van der Waals surface area (Å²) in [5.41, 5.74) is -0.219. The fraction of sp³-hybridized carbons (Fsp3) is 0.500. The summed E-state index contributed by atoms with van der Waals surface area (Å²) in [4.78, 5) is 28.3. The molecule has 3 fully saturated rings. The largest absolute Gasteiger partial charge is 0.515 e. The Morgan fingerprint density at radius 3 is 2.58 bits per heavy atom. The van der Waals surface area contributed by atoms with Crippen LogP contribution in [0.5, 0.6) is 0 Å². The standard InChI is InChI=1S/C20H23NO3/c1-3-21-10-9-19-13-18(19,2)16(23)14(12-22)11-20(19,17(21)24)15-7-5-4-6-8-15/h4-8,12,22H,3,9-11,13H2,1-2H3/b14-12-/t18-,19-,20?/m0/s1. The molecule has 0 aromatic heterocycles. The molecule has 3 aliphatic rings. The normalized spacial score (nSPS) is 39.6. The van der Waals surface area contributed by atoms with Crippen LogP contribution in [-0.4, -0.2) is 34.8 Å². The second kappa shape index (κ2) is 4.71.